The minimum atomic E-state index is -1.50. The van der Waals surface area contributed by atoms with Gasteiger partial charge in [0.2, 0.25) is 0 Å². The highest BCUT2D eigenvalue weighted by molar-refractivity contribution is 7.83. The fourth-order valence-corrected chi connectivity index (χ4v) is 3.79. The van der Waals surface area contributed by atoms with Crippen molar-refractivity contribution in [2.45, 2.75) is 44.7 Å². The van der Waals surface area contributed by atoms with E-state index >= 15 is 0 Å². The summed E-state index contributed by atoms with van der Waals surface area (Å²) >= 11 is 6.29. The molecule has 1 atom stereocenters. The summed E-state index contributed by atoms with van der Waals surface area (Å²) in [6, 6.07) is 7.40. The molecule has 7 nitrogen and oxygen atoms in total. The van der Waals surface area contributed by atoms with Crippen LogP contribution in [0.3, 0.4) is 0 Å². The van der Waals surface area contributed by atoms with Gasteiger partial charge in [-0.05, 0) is 39.8 Å². The van der Waals surface area contributed by atoms with Crippen molar-refractivity contribution >= 4 is 39.8 Å². The van der Waals surface area contributed by atoms with Crippen molar-refractivity contribution in [3.8, 4) is 0 Å². The van der Waals surface area contributed by atoms with Gasteiger partial charge in [0.05, 0.1) is 28.4 Å². The molecule has 3 rings (SSSR count). The first-order chi connectivity index (χ1) is 13.1. The Labute approximate surface area is 170 Å². The fraction of sp³-hybridized carbons (Fsp3) is 0.316. The molecule has 3 aromatic rings. The van der Waals surface area contributed by atoms with Gasteiger partial charge in [-0.25, -0.2) is 22.9 Å². The number of halogens is 1. The number of amides is 1. The zero-order valence-corrected chi connectivity index (χ0v) is 17.6. The zero-order chi connectivity index (χ0) is 20.5. The number of alkyl carbamates (subject to hydrolysis) is 1. The molecular weight excluding hydrogens is 400 g/mol. The van der Waals surface area contributed by atoms with Crippen LogP contribution in [0.4, 0.5) is 4.79 Å². The second-order valence-electron chi connectivity index (χ2n) is 7.25. The molecule has 0 radical (unpaired) electrons. The number of hydrogen-bond acceptors (Lipinski definition) is 5. The molecule has 0 aliphatic heterocycles. The Morgan fingerprint density at radius 3 is 2.61 bits per heavy atom. The Morgan fingerprint density at radius 2 is 1.96 bits per heavy atom. The lowest BCUT2D eigenvalue weighted by Gasteiger charge is -2.19. The molecule has 0 aliphatic carbocycles. The number of carbonyl (C=O) groups excluding carboxylic acids is 1. The average Bonchev–Trinajstić information content (AvgIpc) is 2.95. The quantitative estimate of drug-likeness (QED) is 0.689. The van der Waals surface area contributed by atoms with E-state index in [1.807, 2.05) is 19.1 Å². The summed E-state index contributed by atoms with van der Waals surface area (Å²) in [4.78, 5) is 21.2. The Balaban J connectivity index is 1.82. The molecule has 1 aromatic carbocycles. The van der Waals surface area contributed by atoms with Gasteiger partial charge in [0, 0.05) is 6.20 Å². The van der Waals surface area contributed by atoms with Crippen LogP contribution in [0.1, 0.15) is 32.0 Å². The molecule has 0 bridgehead atoms. The van der Waals surface area contributed by atoms with Crippen LogP contribution in [-0.4, -0.2) is 29.8 Å². The number of hydrogen-bond donors (Lipinski definition) is 1. The summed E-state index contributed by atoms with van der Waals surface area (Å²) in [5, 5.41) is 2.96. The van der Waals surface area contributed by atoms with Crippen molar-refractivity contribution < 1.29 is 13.7 Å². The van der Waals surface area contributed by atoms with Gasteiger partial charge in [0.25, 0.3) is 0 Å². The van der Waals surface area contributed by atoms with Gasteiger partial charge in [-0.2, -0.15) is 0 Å². The lowest BCUT2D eigenvalue weighted by molar-refractivity contribution is 0.0523. The predicted molar refractivity (Wildman–Crippen MR) is 109 cm³/mol. The molecule has 2 heterocycles. The third kappa shape index (κ3) is 4.69. The number of carbonyl (C=O) groups is 1. The number of nitrogens with zero attached hydrogens (tertiary/aromatic N) is 3. The van der Waals surface area contributed by atoms with Crippen molar-refractivity contribution in [2.24, 2.45) is 0 Å². The molecule has 9 heteroatoms. The standard InChI is InChI=1S/C19H21ClN4O3S/c1-12-5-7-14(8-6-12)28(26)24-11-15(20)16-17(24)21-9-13(23-16)10-22-18(25)27-19(2,3)4/h5-9,11H,10H2,1-4H3,(H,22,25). The van der Waals surface area contributed by atoms with Crippen LogP contribution in [0.5, 0.6) is 0 Å². The number of ether oxygens (including phenoxy) is 1. The van der Waals surface area contributed by atoms with Gasteiger partial charge >= 0.3 is 6.09 Å². The van der Waals surface area contributed by atoms with Crippen LogP contribution in [-0.2, 0) is 22.3 Å². The molecule has 0 aliphatic rings. The van der Waals surface area contributed by atoms with Crippen molar-refractivity contribution in [2.75, 3.05) is 0 Å². The molecule has 2 aromatic heterocycles. The molecule has 1 unspecified atom stereocenters. The fourth-order valence-electron chi connectivity index (χ4n) is 2.42. The lowest BCUT2D eigenvalue weighted by atomic mass is 10.2. The van der Waals surface area contributed by atoms with Gasteiger partial charge < -0.3 is 10.1 Å². The Hall–Kier alpha value is -2.45. The van der Waals surface area contributed by atoms with E-state index in [0.29, 0.717) is 26.8 Å². The third-order valence-electron chi connectivity index (χ3n) is 3.68. The van der Waals surface area contributed by atoms with Gasteiger partial charge in [-0.15, -0.1) is 0 Å². The van der Waals surface area contributed by atoms with Crippen LogP contribution in [0, 0.1) is 6.92 Å². The molecule has 1 amide bonds. The van der Waals surface area contributed by atoms with E-state index in [0.717, 1.165) is 5.56 Å². The third-order valence-corrected chi connectivity index (χ3v) is 5.27. The topological polar surface area (TPSA) is 86.1 Å². The monoisotopic (exact) mass is 420 g/mol. The lowest BCUT2D eigenvalue weighted by Crippen LogP contribution is -2.32. The summed E-state index contributed by atoms with van der Waals surface area (Å²) in [5.41, 5.74) is 1.84. The smallest absolute Gasteiger partial charge is 0.407 e. The van der Waals surface area contributed by atoms with Crippen molar-refractivity contribution in [3.63, 3.8) is 0 Å². The van der Waals surface area contributed by atoms with Crippen LogP contribution < -0.4 is 5.32 Å². The highest BCUT2D eigenvalue weighted by Gasteiger charge is 2.18. The summed E-state index contributed by atoms with van der Waals surface area (Å²) in [6.45, 7) is 7.46. The molecule has 148 valence electrons. The second kappa shape index (κ2) is 7.89. The Morgan fingerprint density at radius 1 is 1.29 bits per heavy atom. The van der Waals surface area contributed by atoms with Gasteiger partial charge in [-0.3, -0.25) is 0 Å². The minimum absolute atomic E-state index is 0.139. The largest absolute Gasteiger partial charge is 0.444 e. The van der Waals surface area contributed by atoms with E-state index in [1.165, 1.54) is 10.2 Å². The molecule has 0 fully saturated rings. The van der Waals surface area contributed by atoms with Crippen LogP contribution in [0.25, 0.3) is 11.2 Å². The number of rotatable bonds is 4. The molecular formula is C19H21ClN4O3S. The van der Waals surface area contributed by atoms with Crippen molar-refractivity contribution in [1.29, 1.82) is 0 Å². The minimum Gasteiger partial charge on any atom is -0.444 e. The van der Waals surface area contributed by atoms with E-state index < -0.39 is 22.7 Å². The van der Waals surface area contributed by atoms with E-state index in [9.17, 15) is 9.00 Å². The summed E-state index contributed by atoms with van der Waals surface area (Å²) in [7, 11) is -1.50. The Kier molecular flexibility index (Phi) is 5.71. The maximum atomic E-state index is 12.9. The zero-order valence-electron chi connectivity index (χ0n) is 16.0. The molecule has 28 heavy (non-hydrogen) atoms. The summed E-state index contributed by atoms with van der Waals surface area (Å²) < 4.78 is 19.6. The number of aromatic nitrogens is 3. The molecule has 1 N–H and O–H groups in total. The Bertz CT molecular complexity index is 1040. The first-order valence-electron chi connectivity index (χ1n) is 8.62. The molecule has 0 spiro atoms. The number of nitrogens with one attached hydrogen (secondary N) is 1. The number of fused-ring (bicyclic) bond motifs is 1. The average molecular weight is 421 g/mol. The van der Waals surface area contributed by atoms with Crippen LogP contribution in [0.15, 0.2) is 41.6 Å². The highest BCUT2D eigenvalue weighted by Crippen LogP contribution is 2.25. The first kappa shape index (κ1) is 20.3. The second-order valence-corrected chi connectivity index (χ2v) is 9.02. The summed E-state index contributed by atoms with van der Waals surface area (Å²) in [6.07, 6.45) is 2.52. The van der Waals surface area contributed by atoms with Crippen LogP contribution in [0.2, 0.25) is 5.02 Å². The molecule has 0 saturated heterocycles. The van der Waals surface area contributed by atoms with E-state index in [4.69, 9.17) is 16.3 Å². The van der Waals surface area contributed by atoms with Crippen molar-refractivity contribution in [3.05, 3.63) is 52.9 Å². The van der Waals surface area contributed by atoms with E-state index in [1.54, 1.807) is 39.1 Å². The van der Waals surface area contributed by atoms with Gasteiger partial charge in [-0.1, -0.05) is 29.3 Å². The van der Waals surface area contributed by atoms with E-state index in [-0.39, 0.29) is 6.54 Å². The maximum Gasteiger partial charge on any atom is 0.407 e. The van der Waals surface area contributed by atoms with E-state index in [2.05, 4.69) is 15.3 Å². The van der Waals surface area contributed by atoms with Crippen LogP contribution >= 0.6 is 11.6 Å². The summed E-state index contributed by atoms with van der Waals surface area (Å²) in [5.74, 6) is 0. The van der Waals surface area contributed by atoms with Gasteiger partial charge in [0.1, 0.15) is 11.1 Å². The number of aryl methyl sites for hydroxylation is 1. The normalized spacial score (nSPS) is 12.8. The predicted octanol–water partition coefficient (Wildman–Crippen LogP) is 3.99. The van der Waals surface area contributed by atoms with Crippen molar-refractivity contribution in [1.82, 2.24) is 19.3 Å². The SMILES string of the molecule is Cc1ccc(S(=O)n2cc(Cl)c3nc(CNC(=O)OC(C)(C)C)cnc32)cc1. The first-order valence-corrected chi connectivity index (χ1v) is 10.1. The van der Waals surface area contributed by atoms with Gasteiger partial charge in [0.15, 0.2) is 16.6 Å². The number of benzene rings is 1. The maximum absolute atomic E-state index is 12.9. The highest BCUT2D eigenvalue weighted by atomic mass is 35.5. The molecule has 0 saturated carbocycles.